The lowest BCUT2D eigenvalue weighted by molar-refractivity contribution is -0.0907. The molecule has 2 aliphatic heterocycles. The third-order valence-corrected chi connectivity index (χ3v) is 8.88. The summed E-state index contributed by atoms with van der Waals surface area (Å²) in [7, 11) is -4.04. The molecule has 2 fully saturated rings. The zero-order valence-electron chi connectivity index (χ0n) is 22.7. The topological polar surface area (TPSA) is 144 Å². The van der Waals surface area contributed by atoms with E-state index in [4.69, 9.17) is 14.2 Å². The van der Waals surface area contributed by atoms with Gasteiger partial charge in [0.1, 0.15) is 12.6 Å². The second kappa shape index (κ2) is 13.6. The molecule has 40 heavy (non-hydrogen) atoms. The maximum Gasteiger partial charge on any atom is 0.407 e. The molecule has 2 heterocycles. The first-order valence-electron chi connectivity index (χ1n) is 13.5. The van der Waals surface area contributed by atoms with Crippen LogP contribution in [0.2, 0.25) is 0 Å². The van der Waals surface area contributed by atoms with Crippen LogP contribution in [0.5, 0.6) is 0 Å². The Bertz CT molecular complexity index is 1240. The molecule has 4 rings (SSSR count). The minimum absolute atomic E-state index is 0.00282. The third-order valence-electron chi connectivity index (χ3n) is 7.05. The molecule has 2 saturated heterocycles. The normalized spacial score (nSPS) is 22.2. The molecule has 5 atom stereocenters. The first-order valence-corrected chi connectivity index (χ1v) is 14.9. The molecule has 2 aromatic carbocycles. The predicted octanol–water partition coefficient (Wildman–Crippen LogP) is 3.06. The van der Waals surface area contributed by atoms with Gasteiger partial charge in [0, 0.05) is 13.1 Å². The zero-order valence-corrected chi connectivity index (χ0v) is 23.5. The molecule has 1 unspecified atom stereocenters. The van der Waals surface area contributed by atoms with Crippen LogP contribution in [0, 0.1) is 16.7 Å². The molecule has 2 aromatic rings. The van der Waals surface area contributed by atoms with Crippen LogP contribution in [0.3, 0.4) is 0 Å². The third kappa shape index (κ3) is 7.64. The number of nitrogens with zero attached hydrogens (tertiary/aromatic N) is 2. The predicted molar refractivity (Wildman–Crippen MR) is 147 cm³/mol. The monoisotopic (exact) mass is 575 g/mol. The van der Waals surface area contributed by atoms with Gasteiger partial charge in [-0.05, 0) is 42.0 Å². The van der Waals surface area contributed by atoms with Gasteiger partial charge in [0.05, 0.1) is 36.2 Å². The van der Waals surface area contributed by atoms with Gasteiger partial charge in [0.2, 0.25) is 10.0 Å². The number of ether oxygens (including phenoxy) is 3. The van der Waals surface area contributed by atoms with E-state index in [2.05, 4.69) is 10.5 Å². The highest BCUT2D eigenvalue weighted by atomic mass is 32.2. The van der Waals surface area contributed by atoms with Crippen molar-refractivity contribution in [2.45, 2.75) is 62.7 Å². The van der Waals surface area contributed by atoms with Crippen LogP contribution in [-0.4, -0.2) is 74.8 Å². The number of aliphatic hydroxyl groups excluding tert-OH is 1. The highest BCUT2D eigenvalue weighted by Crippen LogP contribution is 2.33. The van der Waals surface area contributed by atoms with Gasteiger partial charge < -0.3 is 24.6 Å². The summed E-state index contributed by atoms with van der Waals surface area (Å²) < 4.78 is 45.3. The van der Waals surface area contributed by atoms with Crippen molar-refractivity contribution < 1.29 is 32.5 Å². The molecule has 0 saturated carbocycles. The van der Waals surface area contributed by atoms with Crippen LogP contribution in [0.4, 0.5) is 4.79 Å². The molecule has 0 bridgehead atoms. The molecule has 1 amide bonds. The Morgan fingerprint density at radius 1 is 1.12 bits per heavy atom. The number of rotatable bonds is 13. The highest BCUT2D eigenvalue weighted by Gasteiger charge is 2.44. The van der Waals surface area contributed by atoms with Crippen molar-refractivity contribution in [1.82, 2.24) is 9.62 Å². The summed E-state index contributed by atoms with van der Waals surface area (Å²) in [4.78, 5) is 23.7. The highest BCUT2D eigenvalue weighted by molar-refractivity contribution is 7.89. The van der Waals surface area contributed by atoms with Gasteiger partial charge in [-0.1, -0.05) is 61.5 Å². The molecular formula is C28H37N3O8S. The lowest BCUT2D eigenvalue weighted by Gasteiger charge is -2.31. The number of hydrogen-bond donors (Lipinski definition) is 2. The van der Waals surface area contributed by atoms with Crippen molar-refractivity contribution in [3.05, 3.63) is 70.6 Å². The van der Waals surface area contributed by atoms with Crippen molar-refractivity contribution in [3.8, 4) is 0 Å². The Balaban J connectivity index is 1.52. The summed E-state index contributed by atoms with van der Waals surface area (Å²) in [5.74, 6) is -0.0867. The van der Waals surface area contributed by atoms with Crippen molar-refractivity contribution in [2.75, 3.05) is 26.3 Å². The quantitative estimate of drug-likeness (QED) is 0.347. The van der Waals surface area contributed by atoms with Crippen LogP contribution >= 0.6 is 0 Å². The van der Waals surface area contributed by atoms with Crippen molar-refractivity contribution in [1.29, 1.82) is 0 Å². The second-order valence-corrected chi connectivity index (χ2v) is 12.6. The van der Waals surface area contributed by atoms with Gasteiger partial charge in [-0.15, -0.1) is 0 Å². The summed E-state index contributed by atoms with van der Waals surface area (Å²) in [5, 5.41) is 17.0. The lowest BCUT2D eigenvalue weighted by atomic mass is 10.0. The Labute approximate surface area is 234 Å². The number of amides is 1. The van der Waals surface area contributed by atoms with Gasteiger partial charge in [-0.3, -0.25) is 0 Å². The molecule has 2 aliphatic rings. The number of alkyl carbamates (subject to hydrolysis) is 1. The number of carbonyl (C=O) groups excluding carboxylic acids is 1. The van der Waals surface area contributed by atoms with Crippen molar-refractivity contribution in [2.24, 2.45) is 17.0 Å². The Hall–Kier alpha value is -2.90. The number of sulfonamides is 1. The fourth-order valence-electron chi connectivity index (χ4n) is 5.06. The number of benzene rings is 2. The second-order valence-electron chi connectivity index (χ2n) is 10.6. The van der Waals surface area contributed by atoms with E-state index in [0.717, 1.165) is 12.0 Å². The van der Waals surface area contributed by atoms with E-state index in [9.17, 15) is 23.2 Å². The van der Waals surface area contributed by atoms with Crippen LogP contribution in [-0.2, 0) is 37.2 Å². The molecule has 0 aromatic heterocycles. The fourth-order valence-corrected chi connectivity index (χ4v) is 6.76. The Morgan fingerprint density at radius 2 is 1.88 bits per heavy atom. The molecule has 12 heteroatoms. The molecule has 0 radical (unpaired) electrons. The number of nitroso groups, excluding NO2 is 1. The van der Waals surface area contributed by atoms with Crippen molar-refractivity contribution >= 4 is 16.1 Å². The average molecular weight is 576 g/mol. The summed E-state index contributed by atoms with van der Waals surface area (Å²) in [6.07, 6.45) is -1.84. The van der Waals surface area contributed by atoms with E-state index in [1.807, 2.05) is 44.2 Å². The summed E-state index contributed by atoms with van der Waals surface area (Å²) in [6.45, 7) is 4.25. The molecule has 0 spiro atoms. The van der Waals surface area contributed by atoms with E-state index < -0.39 is 34.4 Å². The molecule has 0 aliphatic carbocycles. The van der Waals surface area contributed by atoms with E-state index in [0.29, 0.717) is 12.2 Å². The summed E-state index contributed by atoms with van der Waals surface area (Å²) in [5.41, 5.74) is 1.32. The van der Waals surface area contributed by atoms with Crippen LogP contribution < -0.4 is 5.32 Å². The number of nitrogens with one attached hydrogen (secondary N) is 1. The number of aliphatic hydroxyl groups is 1. The zero-order chi connectivity index (χ0) is 28.7. The molecule has 218 valence electrons. The van der Waals surface area contributed by atoms with Gasteiger partial charge in [-0.25, -0.2) is 13.2 Å². The Kier molecular flexibility index (Phi) is 10.3. The number of hydrogen-bond acceptors (Lipinski definition) is 9. The maximum atomic E-state index is 13.7. The minimum atomic E-state index is -4.04. The molecule has 2 N–H and O–H groups in total. The van der Waals surface area contributed by atoms with Gasteiger partial charge >= 0.3 is 6.09 Å². The molecular weight excluding hydrogens is 538 g/mol. The Morgan fingerprint density at radius 3 is 2.60 bits per heavy atom. The number of carbonyl (C=O) groups is 1. The summed E-state index contributed by atoms with van der Waals surface area (Å²) >= 11 is 0. The fraction of sp³-hybridized carbons (Fsp3) is 0.536. The summed E-state index contributed by atoms with van der Waals surface area (Å²) in [6, 6.07) is 14.5. The van der Waals surface area contributed by atoms with E-state index >= 15 is 0 Å². The molecule has 11 nitrogen and oxygen atoms in total. The first kappa shape index (κ1) is 30.1. The van der Waals surface area contributed by atoms with Gasteiger partial charge in [0.25, 0.3) is 0 Å². The minimum Gasteiger partial charge on any atom is -0.443 e. The van der Waals surface area contributed by atoms with Crippen LogP contribution in [0.25, 0.3) is 0 Å². The maximum absolute atomic E-state index is 13.7. The van der Waals surface area contributed by atoms with E-state index in [-0.39, 0.29) is 55.7 Å². The van der Waals surface area contributed by atoms with Crippen LogP contribution in [0.1, 0.15) is 31.4 Å². The van der Waals surface area contributed by atoms with E-state index in [1.165, 1.54) is 16.4 Å². The average Bonchev–Trinajstić information content (AvgIpc) is 3.54. The standard InChI is InChI=1S/C28H37N3O8S/c1-19(2)16-31(40(35,36)22-10-6-9-21(13-22)15-29-34)17-25(32)24(14-20-7-4-3-5-8-20)30-28(33)39-26-18-38-27-23(26)11-12-37-27/h3-10,13,19,23-27,32H,11-12,14-18H2,1-2H3,(H,30,33)/t23?,24-,25+,26-,27+/m0/s1. The van der Waals surface area contributed by atoms with Crippen molar-refractivity contribution in [3.63, 3.8) is 0 Å². The SMILES string of the molecule is CC(C)CN(C[C@@H](O)[C@H](Cc1ccccc1)NC(=O)O[C@H]1CO[C@H]2OCCC21)S(=O)(=O)c1cccc(CN=O)c1. The van der Waals surface area contributed by atoms with Gasteiger partial charge in [0.15, 0.2) is 6.29 Å². The first-order chi connectivity index (χ1) is 19.2. The smallest absolute Gasteiger partial charge is 0.407 e. The van der Waals surface area contributed by atoms with Gasteiger partial charge in [-0.2, -0.15) is 9.21 Å². The lowest BCUT2D eigenvalue weighted by Crippen LogP contribution is -2.51. The van der Waals surface area contributed by atoms with E-state index in [1.54, 1.807) is 12.1 Å². The number of fused-ring (bicyclic) bond motifs is 1. The largest absolute Gasteiger partial charge is 0.443 e. The van der Waals surface area contributed by atoms with Crippen LogP contribution in [0.15, 0.2) is 64.7 Å².